The molecule has 0 aromatic heterocycles. The van der Waals surface area contributed by atoms with E-state index in [1.807, 2.05) is 0 Å². The van der Waals surface area contributed by atoms with Crippen molar-refractivity contribution in [2.75, 3.05) is 19.5 Å². The fraction of sp³-hybridized carbons (Fsp3) is 0.211. The summed E-state index contributed by atoms with van der Waals surface area (Å²) in [4.78, 5) is 23.1. The number of hydrogen-bond acceptors (Lipinski definition) is 5. The molecule has 0 spiro atoms. The molecule has 0 fully saturated rings. The third-order valence-corrected chi connectivity index (χ3v) is 3.86. The number of ether oxygens (including phenoxy) is 2. The molecule has 7 heteroatoms. The highest BCUT2D eigenvalue weighted by atomic mass is 16.6. The Bertz CT molecular complexity index is 861. The number of nitrogens with zero attached hydrogens (tertiary/aromatic N) is 1. The van der Waals surface area contributed by atoms with Gasteiger partial charge < -0.3 is 14.8 Å². The number of rotatable bonds is 7. The van der Waals surface area contributed by atoms with Gasteiger partial charge in [0.1, 0.15) is 0 Å². The minimum absolute atomic E-state index is 0.0921. The van der Waals surface area contributed by atoms with Gasteiger partial charge in [0.05, 0.1) is 24.8 Å². The molecular weight excluding hydrogens is 336 g/mol. The summed E-state index contributed by atoms with van der Waals surface area (Å²) in [5.74, 6) is 0.558. The molecule has 0 aliphatic carbocycles. The van der Waals surface area contributed by atoms with Gasteiger partial charge in [-0.25, -0.2) is 0 Å². The zero-order chi connectivity index (χ0) is 19.3. The topological polar surface area (TPSA) is 90.7 Å². The molecule has 0 unspecified atom stereocenters. The maximum absolute atomic E-state index is 12.7. The van der Waals surface area contributed by atoms with Crippen molar-refractivity contribution in [3.8, 4) is 11.5 Å². The summed E-state index contributed by atoms with van der Waals surface area (Å²) in [7, 11) is 3.01. The largest absolute Gasteiger partial charge is 0.493 e. The Morgan fingerprint density at radius 3 is 2.58 bits per heavy atom. The molecule has 0 aliphatic heterocycles. The number of carbonyl (C=O) groups excluding carboxylic acids is 1. The molecular formula is C19H20N2O5. The lowest BCUT2D eigenvalue weighted by molar-refractivity contribution is -0.384. The Morgan fingerprint density at radius 1 is 1.27 bits per heavy atom. The van der Waals surface area contributed by atoms with E-state index in [4.69, 9.17) is 9.47 Å². The van der Waals surface area contributed by atoms with Gasteiger partial charge in [0, 0.05) is 23.3 Å². The summed E-state index contributed by atoms with van der Waals surface area (Å²) in [6, 6.07) is 7.56. The van der Waals surface area contributed by atoms with E-state index in [1.54, 1.807) is 31.2 Å². The second kappa shape index (κ2) is 8.15. The van der Waals surface area contributed by atoms with Crippen molar-refractivity contribution in [1.29, 1.82) is 0 Å². The Kier molecular flexibility index (Phi) is 5.95. The summed E-state index contributed by atoms with van der Waals surface area (Å²) in [5.41, 5.74) is 2.11. The van der Waals surface area contributed by atoms with Crippen LogP contribution in [-0.2, 0) is 6.42 Å². The van der Waals surface area contributed by atoms with Crippen molar-refractivity contribution in [3.05, 3.63) is 69.8 Å². The quantitative estimate of drug-likeness (QED) is 0.461. The summed E-state index contributed by atoms with van der Waals surface area (Å²) in [5, 5.41) is 13.7. The normalized spacial score (nSPS) is 10.1. The zero-order valence-electron chi connectivity index (χ0n) is 14.9. The van der Waals surface area contributed by atoms with Crippen LogP contribution in [0, 0.1) is 17.0 Å². The minimum Gasteiger partial charge on any atom is -0.493 e. The molecule has 0 bridgehead atoms. The number of benzene rings is 2. The van der Waals surface area contributed by atoms with E-state index in [9.17, 15) is 14.9 Å². The molecule has 7 nitrogen and oxygen atoms in total. The molecule has 2 aromatic rings. The average Bonchev–Trinajstić information content (AvgIpc) is 2.62. The Labute approximate surface area is 151 Å². The van der Waals surface area contributed by atoms with E-state index in [0.29, 0.717) is 29.2 Å². The van der Waals surface area contributed by atoms with Gasteiger partial charge in [0.25, 0.3) is 11.6 Å². The van der Waals surface area contributed by atoms with Crippen LogP contribution in [0.4, 0.5) is 11.4 Å². The number of methoxy groups -OCH3 is 2. The van der Waals surface area contributed by atoms with E-state index in [-0.39, 0.29) is 5.69 Å². The standard InChI is InChI=1S/C19H20N2O5/c1-5-6-13-9-14(10-17(25-3)18(13)26-4)19(22)20-16-11-15(21(23)24)8-7-12(16)2/h5,7-11H,1,6H2,2-4H3,(H,20,22). The van der Waals surface area contributed by atoms with Gasteiger partial charge in [0.2, 0.25) is 0 Å². The fourth-order valence-corrected chi connectivity index (χ4v) is 2.53. The first kappa shape index (κ1) is 19.0. The van der Waals surface area contributed by atoms with Crippen LogP contribution in [0.2, 0.25) is 0 Å². The van der Waals surface area contributed by atoms with Gasteiger partial charge in [-0.1, -0.05) is 12.1 Å². The predicted molar refractivity (Wildman–Crippen MR) is 99.2 cm³/mol. The number of anilines is 1. The molecule has 0 saturated heterocycles. The molecule has 1 amide bonds. The lowest BCUT2D eigenvalue weighted by Gasteiger charge is -2.15. The van der Waals surface area contributed by atoms with Crippen LogP contribution in [0.1, 0.15) is 21.5 Å². The fourth-order valence-electron chi connectivity index (χ4n) is 2.53. The van der Waals surface area contributed by atoms with E-state index in [0.717, 1.165) is 11.1 Å². The number of amides is 1. The van der Waals surface area contributed by atoms with Crippen LogP contribution < -0.4 is 14.8 Å². The van der Waals surface area contributed by atoms with Crippen LogP contribution in [0.3, 0.4) is 0 Å². The molecule has 0 radical (unpaired) electrons. The zero-order valence-corrected chi connectivity index (χ0v) is 14.9. The lowest BCUT2D eigenvalue weighted by atomic mass is 10.0. The van der Waals surface area contributed by atoms with E-state index in [1.165, 1.54) is 26.4 Å². The Morgan fingerprint density at radius 2 is 2.00 bits per heavy atom. The number of aryl methyl sites for hydroxylation is 1. The number of nitrogens with one attached hydrogen (secondary N) is 1. The summed E-state index contributed by atoms with van der Waals surface area (Å²) >= 11 is 0. The number of non-ortho nitro benzene ring substituents is 1. The van der Waals surface area contributed by atoms with Gasteiger partial charge >= 0.3 is 0 Å². The van der Waals surface area contributed by atoms with Crippen molar-refractivity contribution in [2.45, 2.75) is 13.3 Å². The second-order valence-electron chi connectivity index (χ2n) is 5.57. The monoisotopic (exact) mass is 356 g/mol. The lowest BCUT2D eigenvalue weighted by Crippen LogP contribution is -2.14. The predicted octanol–water partition coefficient (Wildman–Crippen LogP) is 3.90. The van der Waals surface area contributed by atoms with Gasteiger partial charge in [-0.3, -0.25) is 14.9 Å². The van der Waals surface area contributed by atoms with E-state index < -0.39 is 10.8 Å². The van der Waals surface area contributed by atoms with Gasteiger partial charge in [0.15, 0.2) is 11.5 Å². The van der Waals surface area contributed by atoms with Crippen molar-refractivity contribution in [2.24, 2.45) is 0 Å². The van der Waals surface area contributed by atoms with Crippen LogP contribution in [0.25, 0.3) is 0 Å². The Balaban J connectivity index is 2.41. The molecule has 26 heavy (non-hydrogen) atoms. The highest BCUT2D eigenvalue weighted by Crippen LogP contribution is 2.33. The molecule has 0 aliphatic rings. The molecule has 0 heterocycles. The number of hydrogen-bond donors (Lipinski definition) is 1. The number of nitro benzene ring substituents is 1. The minimum atomic E-state index is -0.506. The number of nitro groups is 1. The van der Waals surface area contributed by atoms with Crippen LogP contribution >= 0.6 is 0 Å². The highest BCUT2D eigenvalue weighted by Gasteiger charge is 2.17. The van der Waals surface area contributed by atoms with Gasteiger partial charge in [-0.15, -0.1) is 6.58 Å². The van der Waals surface area contributed by atoms with E-state index in [2.05, 4.69) is 11.9 Å². The van der Waals surface area contributed by atoms with Crippen molar-refractivity contribution >= 4 is 17.3 Å². The van der Waals surface area contributed by atoms with Crippen molar-refractivity contribution < 1.29 is 19.2 Å². The van der Waals surface area contributed by atoms with Crippen molar-refractivity contribution in [3.63, 3.8) is 0 Å². The average molecular weight is 356 g/mol. The maximum Gasteiger partial charge on any atom is 0.271 e. The highest BCUT2D eigenvalue weighted by molar-refractivity contribution is 6.05. The maximum atomic E-state index is 12.7. The first-order valence-electron chi connectivity index (χ1n) is 7.83. The second-order valence-corrected chi connectivity index (χ2v) is 5.57. The van der Waals surface area contributed by atoms with Crippen LogP contribution in [0.5, 0.6) is 11.5 Å². The molecule has 2 aromatic carbocycles. The SMILES string of the molecule is C=CCc1cc(C(=O)Nc2cc([N+](=O)[O-])ccc2C)cc(OC)c1OC. The molecule has 1 N–H and O–H groups in total. The number of allylic oxidation sites excluding steroid dienone is 1. The van der Waals surface area contributed by atoms with Crippen LogP contribution in [-0.4, -0.2) is 25.1 Å². The summed E-state index contributed by atoms with van der Waals surface area (Å²) in [6.45, 7) is 5.47. The molecule has 136 valence electrons. The van der Waals surface area contributed by atoms with Gasteiger partial charge in [-0.2, -0.15) is 0 Å². The third kappa shape index (κ3) is 4.00. The van der Waals surface area contributed by atoms with Crippen molar-refractivity contribution in [1.82, 2.24) is 0 Å². The van der Waals surface area contributed by atoms with E-state index >= 15 is 0 Å². The summed E-state index contributed by atoms with van der Waals surface area (Å²) < 4.78 is 10.7. The molecule has 0 saturated carbocycles. The molecule has 0 atom stereocenters. The Hall–Kier alpha value is -3.35. The first-order chi connectivity index (χ1) is 12.4. The first-order valence-corrected chi connectivity index (χ1v) is 7.83. The number of carbonyl (C=O) groups is 1. The van der Waals surface area contributed by atoms with Gasteiger partial charge in [-0.05, 0) is 31.0 Å². The summed E-state index contributed by atoms with van der Waals surface area (Å²) in [6.07, 6.45) is 2.19. The third-order valence-electron chi connectivity index (χ3n) is 3.86. The smallest absolute Gasteiger partial charge is 0.271 e. The molecule has 2 rings (SSSR count). The van der Waals surface area contributed by atoms with Crippen LogP contribution in [0.15, 0.2) is 43.0 Å².